The molecule has 0 amide bonds. The molecule has 27 heavy (non-hydrogen) atoms. The number of hydrogen-bond donors (Lipinski definition) is 1. The number of hydrogen-bond acceptors (Lipinski definition) is 9. The Balaban J connectivity index is 1.63. The predicted octanol–water partition coefficient (Wildman–Crippen LogP) is 0.749. The number of alkyl halides is 1. The average Bonchev–Trinajstić information content (AvgIpc) is 3.12. The highest BCUT2D eigenvalue weighted by Crippen LogP contribution is 2.37. The van der Waals surface area contributed by atoms with E-state index in [0.29, 0.717) is 0 Å². The van der Waals surface area contributed by atoms with Gasteiger partial charge in [0.2, 0.25) is 6.30 Å². The van der Waals surface area contributed by atoms with E-state index < -0.39 is 49.0 Å². The van der Waals surface area contributed by atoms with Gasteiger partial charge in [0.25, 0.3) is 0 Å². The molecular formula is C17H20FN3O6. The van der Waals surface area contributed by atoms with E-state index in [0.717, 1.165) is 10.6 Å². The average molecular weight is 381 g/mol. The van der Waals surface area contributed by atoms with Gasteiger partial charge in [0.05, 0.1) is 13.7 Å². The molecule has 0 aromatic heterocycles. The Morgan fingerprint density at radius 2 is 2.11 bits per heavy atom. The Labute approximate surface area is 154 Å². The minimum atomic E-state index is -1.52. The minimum absolute atomic E-state index is 0.100. The number of aliphatic hydroxyl groups excluding tert-OH is 1. The third-order valence-electron chi connectivity index (χ3n) is 4.87. The van der Waals surface area contributed by atoms with Crippen LogP contribution in [0.5, 0.6) is 0 Å². The van der Waals surface area contributed by atoms with E-state index in [9.17, 15) is 14.3 Å². The molecule has 10 heteroatoms. The monoisotopic (exact) mass is 381 g/mol. The number of rotatable bonds is 3. The second-order valence-electron chi connectivity index (χ2n) is 6.50. The zero-order chi connectivity index (χ0) is 19.0. The summed E-state index contributed by atoms with van der Waals surface area (Å²) in [6, 6.07) is 8.25. The van der Waals surface area contributed by atoms with Crippen molar-refractivity contribution in [2.75, 3.05) is 20.3 Å². The van der Waals surface area contributed by atoms with Crippen LogP contribution in [0.25, 0.3) is 0 Å². The molecule has 1 aromatic carbocycles. The van der Waals surface area contributed by atoms with Gasteiger partial charge >= 0.3 is 5.97 Å². The van der Waals surface area contributed by atoms with Gasteiger partial charge in [-0.15, -0.1) is 0 Å². The van der Waals surface area contributed by atoms with E-state index in [1.165, 1.54) is 7.11 Å². The van der Waals surface area contributed by atoms with Crippen LogP contribution >= 0.6 is 0 Å². The van der Waals surface area contributed by atoms with Crippen LogP contribution in [0.3, 0.4) is 0 Å². The number of ether oxygens (including phenoxy) is 4. The van der Waals surface area contributed by atoms with Crippen molar-refractivity contribution in [3.8, 4) is 0 Å². The highest BCUT2D eigenvalue weighted by atomic mass is 19.1. The maximum absolute atomic E-state index is 14.3. The number of aliphatic hydroxyl groups is 1. The number of methoxy groups -OCH3 is 1. The maximum atomic E-state index is 14.3. The van der Waals surface area contributed by atoms with Gasteiger partial charge in [-0.2, -0.15) is 5.11 Å². The van der Waals surface area contributed by atoms with Crippen molar-refractivity contribution in [3.05, 3.63) is 35.9 Å². The molecule has 146 valence electrons. The van der Waals surface area contributed by atoms with E-state index in [1.807, 2.05) is 30.3 Å². The van der Waals surface area contributed by atoms with Gasteiger partial charge in [-0.05, 0) is 0 Å². The SMILES string of the molecule is COC(=O)[C@@H]1O[C@@H]2COC(c3ccccc3)O[C@@H]2[C@H](N2N=NCC2F)[C@H]1O. The van der Waals surface area contributed by atoms with E-state index in [1.54, 1.807) is 0 Å². The zero-order valence-electron chi connectivity index (χ0n) is 14.6. The molecule has 1 N–H and O–H groups in total. The van der Waals surface area contributed by atoms with Crippen LogP contribution in [0.4, 0.5) is 4.39 Å². The molecule has 3 heterocycles. The van der Waals surface area contributed by atoms with E-state index >= 15 is 0 Å². The van der Waals surface area contributed by atoms with Crippen LogP contribution < -0.4 is 0 Å². The molecule has 4 rings (SSSR count). The molecular weight excluding hydrogens is 361 g/mol. The van der Waals surface area contributed by atoms with Crippen molar-refractivity contribution in [2.45, 2.75) is 43.0 Å². The highest BCUT2D eigenvalue weighted by molar-refractivity contribution is 5.75. The van der Waals surface area contributed by atoms with E-state index in [4.69, 9.17) is 18.9 Å². The van der Waals surface area contributed by atoms with Crippen molar-refractivity contribution in [3.63, 3.8) is 0 Å². The lowest BCUT2D eigenvalue weighted by Gasteiger charge is -2.49. The predicted molar refractivity (Wildman–Crippen MR) is 86.9 cm³/mol. The molecule has 9 nitrogen and oxygen atoms in total. The van der Waals surface area contributed by atoms with Crippen LogP contribution in [0, 0.1) is 0 Å². The summed E-state index contributed by atoms with van der Waals surface area (Å²) >= 11 is 0. The summed E-state index contributed by atoms with van der Waals surface area (Å²) in [5, 5.41) is 19.3. The first-order chi connectivity index (χ1) is 13.1. The van der Waals surface area contributed by atoms with Crippen molar-refractivity contribution < 1.29 is 33.2 Å². The van der Waals surface area contributed by atoms with Gasteiger partial charge in [-0.25, -0.2) is 14.2 Å². The first-order valence-corrected chi connectivity index (χ1v) is 8.63. The first-order valence-electron chi connectivity index (χ1n) is 8.63. The molecule has 0 saturated carbocycles. The smallest absolute Gasteiger partial charge is 0.337 e. The fraction of sp³-hybridized carbons (Fsp3) is 0.588. The number of carbonyl (C=O) groups excluding carboxylic acids is 1. The van der Waals surface area contributed by atoms with Crippen molar-refractivity contribution >= 4 is 5.97 Å². The fourth-order valence-electron chi connectivity index (χ4n) is 3.57. The van der Waals surface area contributed by atoms with E-state index in [2.05, 4.69) is 10.3 Å². The zero-order valence-corrected chi connectivity index (χ0v) is 14.6. The van der Waals surface area contributed by atoms with E-state index in [-0.39, 0.29) is 13.2 Å². The summed E-state index contributed by atoms with van der Waals surface area (Å²) in [7, 11) is 1.19. The van der Waals surface area contributed by atoms with Crippen LogP contribution in [0.1, 0.15) is 11.9 Å². The van der Waals surface area contributed by atoms with Crippen LogP contribution in [-0.2, 0) is 23.7 Å². The van der Waals surface area contributed by atoms with Crippen molar-refractivity contribution in [2.24, 2.45) is 10.3 Å². The third-order valence-corrected chi connectivity index (χ3v) is 4.87. The molecule has 0 bridgehead atoms. The fourth-order valence-corrected chi connectivity index (χ4v) is 3.57. The van der Waals surface area contributed by atoms with Gasteiger partial charge < -0.3 is 24.1 Å². The van der Waals surface area contributed by atoms with Gasteiger partial charge in [-0.3, -0.25) is 0 Å². The number of nitrogens with zero attached hydrogens (tertiary/aromatic N) is 3. The van der Waals surface area contributed by atoms with Crippen LogP contribution in [0.2, 0.25) is 0 Å². The second kappa shape index (κ2) is 7.47. The summed E-state index contributed by atoms with van der Waals surface area (Å²) in [5.41, 5.74) is 0.777. The minimum Gasteiger partial charge on any atom is -0.467 e. The molecule has 2 unspecified atom stereocenters. The summed E-state index contributed by atoms with van der Waals surface area (Å²) in [5.74, 6) is -0.761. The van der Waals surface area contributed by atoms with Crippen LogP contribution in [-0.4, -0.2) is 73.1 Å². The number of fused-ring (bicyclic) bond motifs is 1. The lowest BCUT2D eigenvalue weighted by atomic mass is 9.91. The Morgan fingerprint density at radius 3 is 2.78 bits per heavy atom. The summed E-state index contributed by atoms with van der Waals surface area (Å²) in [6.07, 6.45) is -6.43. The maximum Gasteiger partial charge on any atom is 0.337 e. The Kier molecular flexibility index (Phi) is 5.04. The summed E-state index contributed by atoms with van der Waals surface area (Å²) in [6.45, 7) is -0.0498. The third kappa shape index (κ3) is 3.29. The lowest BCUT2D eigenvalue weighted by molar-refractivity contribution is -0.320. The van der Waals surface area contributed by atoms with Crippen molar-refractivity contribution in [1.29, 1.82) is 0 Å². The molecule has 1 aromatic rings. The van der Waals surface area contributed by atoms with Gasteiger partial charge in [0.15, 0.2) is 12.4 Å². The highest BCUT2D eigenvalue weighted by Gasteiger charge is 2.55. The second-order valence-corrected chi connectivity index (χ2v) is 6.50. The molecule has 3 aliphatic heterocycles. The first kappa shape index (κ1) is 18.2. The Bertz CT molecular complexity index is 707. The molecule has 0 spiro atoms. The van der Waals surface area contributed by atoms with Gasteiger partial charge in [0, 0.05) is 5.56 Å². The summed E-state index contributed by atoms with van der Waals surface area (Å²) in [4.78, 5) is 12.0. The quantitative estimate of drug-likeness (QED) is 0.609. The van der Waals surface area contributed by atoms with Gasteiger partial charge in [0.1, 0.15) is 30.9 Å². The number of esters is 1. The largest absolute Gasteiger partial charge is 0.467 e. The van der Waals surface area contributed by atoms with Crippen molar-refractivity contribution in [1.82, 2.24) is 5.01 Å². The molecule has 2 saturated heterocycles. The molecule has 3 aliphatic rings. The molecule has 2 fully saturated rings. The Morgan fingerprint density at radius 1 is 1.33 bits per heavy atom. The normalized spacial score (nSPS) is 38.5. The molecule has 7 atom stereocenters. The number of halogens is 1. The standard InChI is InChI=1S/C17H20FN3O6/c1-24-16(23)15-13(22)12(21-11(18)7-19-20-21)14-10(26-15)8-25-17(27-14)9-5-3-2-4-6-9/h2-6,10-15,17,22H,7-8H2,1H3/t10-,11?,12-,13-,14+,15-,17?/m1/s1. The van der Waals surface area contributed by atoms with Gasteiger partial charge in [-0.1, -0.05) is 35.6 Å². The molecule has 0 radical (unpaired) electrons. The topological polar surface area (TPSA) is 102 Å². The molecule has 0 aliphatic carbocycles. The number of benzene rings is 1. The summed E-state index contributed by atoms with van der Waals surface area (Å²) < 4.78 is 36.4. The van der Waals surface area contributed by atoms with Crippen LogP contribution in [0.15, 0.2) is 40.7 Å². The number of carbonyl (C=O) groups is 1. The Hall–Kier alpha value is -2.14. The lowest BCUT2D eigenvalue weighted by Crippen LogP contribution is -2.68.